The fraction of sp³-hybridized carbons (Fsp3) is 0.375. The zero-order chi connectivity index (χ0) is 23.0. The number of para-hydroxylation sites is 1. The lowest BCUT2D eigenvalue weighted by molar-refractivity contribution is -0.262. The summed E-state index contributed by atoms with van der Waals surface area (Å²) < 4.78 is 48.4. The maximum absolute atomic E-state index is 14.2. The van der Waals surface area contributed by atoms with Gasteiger partial charge in [0, 0.05) is 28.1 Å². The normalized spacial score (nSPS) is 20.3. The molecule has 0 aliphatic carbocycles. The van der Waals surface area contributed by atoms with Crippen LogP contribution < -0.4 is 15.6 Å². The molecule has 1 aliphatic heterocycles. The van der Waals surface area contributed by atoms with Crippen LogP contribution in [-0.4, -0.2) is 35.0 Å². The lowest BCUT2D eigenvalue weighted by Gasteiger charge is -2.44. The van der Waals surface area contributed by atoms with Gasteiger partial charge in [0.25, 0.3) is 0 Å². The third kappa shape index (κ3) is 3.95. The zero-order valence-corrected chi connectivity index (χ0v) is 17.6. The van der Waals surface area contributed by atoms with Crippen molar-refractivity contribution in [3.8, 4) is 5.75 Å². The number of H-pyrrole nitrogens is 1. The van der Waals surface area contributed by atoms with Gasteiger partial charge in [-0.3, -0.25) is 4.79 Å². The smallest absolute Gasteiger partial charge is 0.418 e. The van der Waals surface area contributed by atoms with Crippen molar-refractivity contribution in [2.75, 3.05) is 18.5 Å². The number of anilines is 1. The number of nitrogens with one attached hydrogen (secondary N) is 2. The maximum atomic E-state index is 14.2. The summed E-state index contributed by atoms with van der Waals surface area (Å²) in [6.07, 6.45) is -4.53. The van der Waals surface area contributed by atoms with Gasteiger partial charge < -0.3 is 20.1 Å². The van der Waals surface area contributed by atoms with Gasteiger partial charge in [-0.2, -0.15) is 13.2 Å². The highest BCUT2D eigenvalue weighted by Gasteiger charge is 2.57. The Balaban J connectivity index is 1.68. The molecule has 2 aromatic carbocycles. The van der Waals surface area contributed by atoms with E-state index in [1.54, 1.807) is 48.5 Å². The van der Waals surface area contributed by atoms with Gasteiger partial charge in [-0.25, -0.2) is 0 Å². The van der Waals surface area contributed by atoms with Crippen LogP contribution in [0.3, 0.4) is 0 Å². The van der Waals surface area contributed by atoms with Crippen molar-refractivity contribution >= 4 is 16.6 Å². The Hall–Kier alpha value is -3.00. The summed E-state index contributed by atoms with van der Waals surface area (Å²) in [5.41, 5.74) is -2.55. The fourth-order valence-corrected chi connectivity index (χ4v) is 4.60. The molecule has 8 heteroatoms. The Morgan fingerprint density at radius 2 is 1.91 bits per heavy atom. The number of halogens is 3. The van der Waals surface area contributed by atoms with Crippen LogP contribution in [0.5, 0.6) is 5.75 Å². The first-order valence-electron chi connectivity index (χ1n) is 10.5. The van der Waals surface area contributed by atoms with E-state index < -0.39 is 30.2 Å². The van der Waals surface area contributed by atoms with Crippen LogP contribution >= 0.6 is 0 Å². The number of hydrogen-bond acceptors (Lipinski definition) is 4. The van der Waals surface area contributed by atoms with Crippen LogP contribution in [0, 0.1) is 0 Å². The maximum Gasteiger partial charge on any atom is 0.418 e. The van der Waals surface area contributed by atoms with Crippen molar-refractivity contribution in [3.63, 3.8) is 0 Å². The summed E-state index contributed by atoms with van der Waals surface area (Å²) in [6.45, 7) is 1.41. The van der Waals surface area contributed by atoms with Crippen molar-refractivity contribution in [1.29, 1.82) is 0 Å². The molecule has 0 bridgehead atoms. The first kappa shape index (κ1) is 22.2. The zero-order valence-electron chi connectivity index (χ0n) is 17.6. The number of aromatic amines is 1. The number of alkyl halides is 3. The van der Waals surface area contributed by atoms with Gasteiger partial charge in [-0.1, -0.05) is 31.2 Å². The number of ether oxygens (including phenoxy) is 1. The molecule has 0 saturated carbocycles. The molecule has 1 aromatic heterocycles. The van der Waals surface area contributed by atoms with Crippen molar-refractivity contribution in [2.45, 2.75) is 43.4 Å². The second kappa shape index (κ2) is 8.16. The summed E-state index contributed by atoms with van der Waals surface area (Å²) in [4.78, 5) is 14.2. The number of benzene rings is 2. The van der Waals surface area contributed by atoms with Crippen molar-refractivity contribution in [1.82, 2.24) is 4.98 Å². The van der Waals surface area contributed by atoms with E-state index in [1.165, 1.54) is 6.07 Å². The number of pyridine rings is 1. The molecule has 4 rings (SSSR count). The second-order valence-electron chi connectivity index (χ2n) is 8.38. The number of aliphatic hydroxyl groups is 1. The van der Waals surface area contributed by atoms with Crippen molar-refractivity contribution < 1.29 is 23.0 Å². The lowest BCUT2D eigenvalue weighted by atomic mass is 9.67. The minimum atomic E-state index is -4.85. The first-order valence-corrected chi connectivity index (χ1v) is 10.5. The number of aromatic nitrogens is 1. The highest BCUT2D eigenvalue weighted by atomic mass is 19.4. The number of rotatable bonds is 6. The van der Waals surface area contributed by atoms with E-state index >= 15 is 0 Å². The van der Waals surface area contributed by atoms with E-state index in [1.807, 2.05) is 6.92 Å². The largest absolute Gasteiger partial charge is 0.493 e. The summed E-state index contributed by atoms with van der Waals surface area (Å²) in [6, 6.07) is 14.9. The van der Waals surface area contributed by atoms with Gasteiger partial charge in [0.1, 0.15) is 5.75 Å². The summed E-state index contributed by atoms with van der Waals surface area (Å²) in [5, 5.41) is 14.4. The Morgan fingerprint density at radius 3 is 2.66 bits per heavy atom. The molecular weight excluding hydrogens is 421 g/mol. The summed E-state index contributed by atoms with van der Waals surface area (Å²) in [5.74, 6) is 0.566. The average Bonchev–Trinajstić information content (AvgIpc) is 2.77. The van der Waals surface area contributed by atoms with Gasteiger partial charge in [-0.05, 0) is 43.5 Å². The third-order valence-corrected chi connectivity index (χ3v) is 6.47. The van der Waals surface area contributed by atoms with Gasteiger partial charge in [0.05, 0.1) is 18.7 Å². The van der Waals surface area contributed by atoms with Crippen molar-refractivity contribution in [2.24, 2.45) is 0 Å². The highest BCUT2D eigenvalue weighted by molar-refractivity contribution is 5.91. The molecule has 32 heavy (non-hydrogen) atoms. The molecule has 0 saturated heterocycles. The van der Waals surface area contributed by atoms with E-state index in [0.29, 0.717) is 47.4 Å². The van der Waals surface area contributed by atoms with E-state index in [-0.39, 0.29) is 5.56 Å². The van der Waals surface area contributed by atoms with Crippen LogP contribution in [0.15, 0.2) is 59.4 Å². The van der Waals surface area contributed by atoms with Gasteiger partial charge in [0.2, 0.25) is 5.56 Å². The molecule has 5 nitrogen and oxygen atoms in total. The molecule has 0 radical (unpaired) electrons. The predicted octanol–water partition coefficient (Wildman–Crippen LogP) is 4.75. The van der Waals surface area contributed by atoms with Gasteiger partial charge >= 0.3 is 6.18 Å². The molecule has 2 heterocycles. The molecule has 3 aromatic rings. The van der Waals surface area contributed by atoms with Gasteiger partial charge in [0.15, 0.2) is 5.60 Å². The van der Waals surface area contributed by atoms with E-state index in [9.17, 15) is 23.1 Å². The highest BCUT2D eigenvalue weighted by Crippen LogP contribution is 2.49. The van der Waals surface area contributed by atoms with Crippen LogP contribution in [0.4, 0.5) is 18.9 Å². The Bertz CT molecular complexity index is 1180. The van der Waals surface area contributed by atoms with Crippen LogP contribution in [0.25, 0.3) is 10.9 Å². The SMILES string of the molecule is CCC1(CC(O)(CNc2cccc3[nH]c(=O)ccc23)C(F)(F)F)CCOc2ccccc21. The Morgan fingerprint density at radius 1 is 1.12 bits per heavy atom. The molecule has 1 aliphatic rings. The minimum Gasteiger partial charge on any atom is -0.493 e. The molecule has 2 atom stereocenters. The van der Waals surface area contributed by atoms with E-state index in [4.69, 9.17) is 4.74 Å². The summed E-state index contributed by atoms with van der Waals surface area (Å²) >= 11 is 0. The molecule has 0 fully saturated rings. The second-order valence-corrected chi connectivity index (χ2v) is 8.38. The molecule has 2 unspecified atom stereocenters. The third-order valence-electron chi connectivity index (χ3n) is 6.47. The Kier molecular flexibility index (Phi) is 5.67. The fourth-order valence-electron chi connectivity index (χ4n) is 4.60. The lowest BCUT2D eigenvalue weighted by Crippen LogP contribution is -2.55. The quantitative estimate of drug-likeness (QED) is 0.511. The topological polar surface area (TPSA) is 74.4 Å². The first-order chi connectivity index (χ1) is 15.2. The van der Waals surface area contributed by atoms with Crippen molar-refractivity contribution in [3.05, 3.63) is 70.5 Å². The number of hydrogen-bond donors (Lipinski definition) is 3. The number of fused-ring (bicyclic) bond motifs is 2. The van der Waals surface area contributed by atoms with Crippen LogP contribution in [0.1, 0.15) is 31.7 Å². The monoisotopic (exact) mass is 446 g/mol. The van der Waals surface area contributed by atoms with E-state index in [2.05, 4.69) is 10.3 Å². The Labute approximate surface area is 183 Å². The van der Waals surface area contributed by atoms with Crippen LogP contribution in [-0.2, 0) is 5.41 Å². The molecule has 3 N–H and O–H groups in total. The summed E-state index contributed by atoms with van der Waals surface area (Å²) in [7, 11) is 0. The standard InChI is InChI=1S/C24H25F3N2O3/c1-2-22(12-13-32-20-9-4-3-6-17(20)22)14-23(31,24(25,26)27)15-28-18-7-5-8-19-16(18)10-11-21(30)29-19/h3-11,28,31H,2,12-15H2,1H3,(H,29,30). The molecule has 170 valence electrons. The van der Waals surface area contributed by atoms with E-state index in [0.717, 1.165) is 0 Å². The van der Waals surface area contributed by atoms with Crippen LogP contribution in [0.2, 0.25) is 0 Å². The minimum absolute atomic E-state index is 0.295. The average molecular weight is 446 g/mol. The molecular formula is C24H25F3N2O3. The molecule has 0 spiro atoms. The molecule has 0 amide bonds. The van der Waals surface area contributed by atoms with Gasteiger partial charge in [-0.15, -0.1) is 0 Å². The predicted molar refractivity (Wildman–Crippen MR) is 117 cm³/mol.